The Morgan fingerprint density at radius 3 is 2.40 bits per heavy atom. The van der Waals surface area contributed by atoms with E-state index in [1.165, 1.54) is 6.92 Å². The van der Waals surface area contributed by atoms with Gasteiger partial charge in [0.2, 0.25) is 0 Å². The Kier molecular flexibility index (Phi) is 5.14. The van der Waals surface area contributed by atoms with Gasteiger partial charge in [-0.15, -0.1) is 0 Å². The number of hydrogen-bond donors (Lipinski definition) is 2. The molecule has 1 saturated heterocycles. The van der Waals surface area contributed by atoms with Gasteiger partial charge in [0.25, 0.3) is 0 Å². The molecule has 0 aromatic heterocycles. The van der Waals surface area contributed by atoms with Crippen LogP contribution >= 0.6 is 0 Å². The molecule has 0 aliphatic carbocycles. The normalized spacial score (nSPS) is 16.0. The van der Waals surface area contributed by atoms with Crippen LogP contribution in [0.15, 0.2) is 54.6 Å². The van der Waals surface area contributed by atoms with Gasteiger partial charge in [-0.25, -0.2) is 4.79 Å². The van der Waals surface area contributed by atoms with Crippen molar-refractivity contribution in [2.24, 2.45) is 0 Å². The summed E-state index contributed by atoms with van der Waals surface area (Å²) < 4.78 is 5.48. The summed E-state index contributed by atoms with van der Waals surface area (Å²) in [4.78, 5) is 24.1. The smallest absolute Gasteiger partial charge is 0.319 e. The number of rotatable bonds is 4. The SMILES string of the molecule is CC(=O)c1cccc(NC(=O)NC2(c3ccccc3)CCOCC2)c1. The van der Waals surface area contributed by atoms with Crippen LogP contribution in [0.25, 0.3) is 0 Å². The van der Waals surface area contributed by atoms with Crippen LogP contribution in [0.4, 0.5) is 10.5 Å². The number of carbonyl (C=O) groups excluding carboxylic acids is 2. The summed E-state index contributed by atoms with van der Waals surface area (Å²) in [5.41, 5.74) is 1.80. The third kappa shape index (κ3) is 4.06. The minimum Gasteiger partial charge on any atom is -0.381 e. The Morgan fingerprint density at radius 1 is 1.00 bits per heavy atom. The second-order valence-electron chi connectivity index (χ2n) is 6.28. The molecule has 1 aliphatic heterocycles. The molecule has 1 aliphatic rings. The molecule has 0 bridgehead atoms. The highest BCUT2D eigenvalue weighted by Crippen LogP contribution is 2.32. The monoisotopic (exact) mass is 338 g/mol. The Balaban J connectivity index is 1.77. The summed E-state index contributed by atoms with van der Waals surface area (Å²) in [6.45, 7) is 2.72. The van der Waals surface area contributed by atoms with Crippen molar-refractivity contribution >= 4 is 17.5 Å². The molecule has 3 rings (SSSR count). The van der Waals surface area contributed by atoms with Crippen LogP contribution in [0.2, 0.25) is 0 Å². The standard InChI is InChI=1S/C20H22N2O3/c1-15(23)16-6-5-9-18(14-16)21-19(24)22-20(10-12-25-13-11-20)17-7-3-2-4-8-17/h2-9,14H,10-13H2,1H3,(H2,21,22,24). The van der Waals surface area contributed by atoms with Crippen molar-refractivity contribution in [3.63, 3.8) is 0 Å². The van der Waals surface area contributed by atoms with Gasteiger partial charge >= 0.3 is 6.03 Å². The van der Waals surface area contributed by atoms with Gasteiger partial charge in [-0.1, -0.05) is 42.5 Å². The molecule has 0 radical (unpaired) electrons. The number of urea groups is 1. The Morgan fingerprint density at radius 2 is 1.72 bits per heavy atom. The molecule has 5 heteroatoms. The van der Waals surface area contributed by atoms with Crippen molar-refractivity contribution in [2.45, 2.75) is 25.3 Å². The molecule has 25 heavy (non-hydrogen) atoms. The highest BCUT2D eigenvalue weighted by atomic mass is 16.5. The summed E-state index contributed by atoms with van der Waals surface area (Å²) in [7, 11) is 0. The van der Waals surface area contributed by atoms with Gasteiger partial charge in [0.1, 0.15) is 0 Å². The molecule has 0 saturated carbocycles. The van der Waals surface area contributed by atoms with Crippen LogP contribution in [0.5, 0.6) is 0 Å². The lowest BCUT2D eigenvalue weighted by molar-refractivity contribution is 0.0418. The largest absolute Gasteiger partial charge is 0.381 e. The maximum absolute atomic E-state index is 12.6. The number of ketones is 1. The lowest BCUT2D eigenvalue weighted by atomic mass is 9.83. The van der Waals surface area contributed by atoms with Crippen molar-refractivity contribution in [1.29, 1.82) is 0 Å². The van der Waals surface area contributed by atoms with Crippen molar-refractivity contribution in [3.05, 3.63) is 65.7 Å². The van der Waals surface area contributed by atoms with Gasteiger partial charge in [0.05, 0.1) is 5.54 Å². The van der Waals surface area contributed by atoms with Gasteiger partial charge in [-0.3, -0.25) is 4.79 Å². The van der Waals surface area contributed by atoms with Gasteiger partial charge in [0, 0.05) is 24.5 Å². The number of hydrogen-bond acceptors (Lipinski definition) is 3. The van der Waals surface area contributed by atoms with Gasteiger partial charge < -0.3 is 15.4 Å². The molecule has 2 N–H and O–H groups in total. The van der Waals surface area contributed by atoms with E-state index in [4.69, 9.17) is 4.74 Å². The molecule has 0 spiro atoms. The van der Waals surface area contributed by atoms with E-state index in [9.17, 15) is 9.59 Å². The zero-order chi connectivity index (χ0) is 17.7. The van der Waals surface area contributed by atoms with Gasteiger partial charge in [0.15, 0.2) is 5.78 Å². The van der Waals surface area contributed by atoms with Crippen molar-refractivity contribution in [2.75, 3.05) is 18.5 Å². The summed E-state index contributed by atoms with van der Waals surface area (Å²) >= 11 is 0. The number of ether oxygens (including phenoxy) is 1. The first kappa shape index (κ1) is 17.2. The minimum absolute atomic E-state index is 0.0331. The number of amides is 2. The zero-order valence-corrected chi connectivity index (χ0v) is 14.2. The van der Waals surface area contributed by atoms with Crippen molar-refractivity contribution in [3.8, 4) is 0 Å². The van der Waals surface area contributed by atoms with E-state index in [1.54, 1.807) is 24.3 Å². The third-order valence-electron chi connectivity index (χ3n) is 4.55. The first-order chi connectivity index (χ1) is 12.1. The average Bonchev–Trinajstić information content (AvgIpc) is 2.63. The molecule has 2 aromatic rings. The predicted molar refractivity (Wildman–Crippen MR) is 96.8 cm³/mol. The highest BCUT2D eigenvalue weighted by Gasteiger charge is 2.35. The molecule has 5 nitrogen and oxygen atoms in total. The summed E-state index contributed by atoms with van der Waals surface area (Å²) in [5.74, 6) is -0.0331. The molecule has 2 amide bonds. The van der Waals surface area contributed by atoms with Crippen LogP contribution in [-0.4, -0.2) is 25.0 Å². The second-order valence-corrected chi connectivity index (χ2v) is 6.28. The second kappa shape index (κ2) is 7.49. The van der Waals surface area contributed by atoms with Crippen LogP contribution in [-0.2, 0) is 10.3 Å². The van der Waals surface area contributed by atoms with Gasteiger partial charge in [-0.2, -0.15) is 0 Å². The number of benzene rings is 2. The fraction of sp³-hybridized carbons (Fsp3) is 0.300. The molecule has 0 atom stereocenters. The van der Waals surface area contributed by atoms with Crippen LogP contribution in [0, 0.1) is 0 Å². The van der Waals surface area contributed by atoms with E-state index in [2.05, 4.69) is 10.6 Å². The Bertz CT molecular complexity index is 753. The van der Waals surface area contributed by atoms with E-state index in [0.717, 1.165) is 18.4 Å². The number of carbonyl (C=O) groups is 2. The van der Waals surface area contributed by atoms with Crippen LogP contribution in [0.1, 0.15) is 35.7 Å². The number of anilines is 1. The van der Waals surface area contributed by atoms with Gasteiger partial charge in [-0.05, 0) is 37.5 Å². The van der Waals surface area contributed by atoms with E-state index in [-0.39, 0.29) is 11.8 Å². The summed E-state index contributed by atoms with van der Waals surface area (Å²) in [5, 5.41) is 5.97. The predicted octanol–water partition coefficient (Wildman–Crippen LogP) is 3.72. The number of nitrogens with one attached hydrogen (secondary N) is 2. The molecule has 130 valence electrons. The molecule has 1 fully saturated rings. The molecule has 1 heterocycles. The summed E-state index contributed by atoms with van der Waals surface area (Å²) in [6.07, 6.45) is 1.44. The van der Waals surface area contributed by atoms with E-state index in [1.807, 2.05) is 30.3 Å². The topological polar surface area (TPSA) is 67.4 Å². The van der Waals surface area contributed by atoms with E-state index >= 15 is 0 Å². The zero-order valence-electron chi connectivity index (χ0n) is 14.2. The van der Waals surface area contributed by atoms with Crippen LogP contribution < -0.4 is 10.6 Å². The first-order valence-electron chi connectivity index (χ1n) is 8.42. The maximum Gasteiger partial charge on any atom is 0.319 e. The molecular weight excluding hydrogens is 316 g/mol. The third-order valence-corrected chi connectivity index (χ3v) is 4.55. The quantitative estimate of drug-likeness (QED) is 0.835. The lowest BCUT2D eigenvalue weighted by Gasteiger charge is -2.38. The maximum atomic E-state index is 12.6. The fourth-order valence-electron chi connectivity index (χ4n) is 3.16. The number of Topliss-reactive ketones (excluding diaryl/α,β-unsaturated/α-hetero) is 1. The average molecular weight is 338 g/mol. The Hall–Kier alpha value is -2.66. The Labute approximate surface area is 147 Å². The van der Waals surface area contributed by atoms with E-state index < -0.39 is 5.54 Å². The molecule has 2 aromatic carbocycles. The molecular formula is C20H22N2O3. The van der Waals surface area contributed by atoms with Crippen molar-refractivity contribution < 1.29 is 14.3 Å². The molecule has 0 unspecified atom stereocenters. The lowest BCUT2D eigenvalue weighted by Crippen LogP contribution is -2.50. The first-order valence-corrected chi connectivity index (χ1v) is 8.42. The van der Waals surface area contributed by atoms with E-state index in [0.29, 0.717) is 24.5 Å². The minimum atomic E-state index is -0.443. The summed E-state index contributed by atoms with van der Waals surface area (Å²) in [6, 6.07) is 16.6. The fourth-order valence-corrected chi connectivity index (χ4v) is 3.16. The van der Waals surface area contributed by atoms with Crippen LogP contribution in [0.3, 0.4) is 0 Å². The van der Waals surface area contributed by atoms with Crippen molar-refractivity contribution in [1.82, 2.24) is 5.32 Å². The highest BCUT2D eigenvalue weighted by molar-refractivity contribution is 5.96.